The first-order chi connectivity index (χ1) is 7.81. The van der Waals surface area contributed by atoms with E-state index in [1.807, 2.05) is 0 Å². The van der Waals surface area contributed by atoms with Gasteiger partial charge in [0.25, 0.3) is 0 Å². The molecule has 0 bridgehead atoms. The third kappa shape index (κ3) is 2.56. The van der Waals surface area contributed by atoms with E-state index < -0.39 is 0 Å². The molecule has 2 nitrogen and oxygen atoms in total. The van der Waals surface area contributed by atoms with Crippen molar-refractivity contribution < 1.29 is 0 Å². The average Bonchev–Trinajstić information content (AvgIpc) is 2.73. The van der Waals surface area contributed by atoms with Crippen LogP contribution in [0.5, 0.6) is 0 Å². The summed E-state index contributed by atoms with van der Waals surface area (Å²) in [6, 6.07) is 9.40. The van der Waals surface area contributed by atoms with Gasteiger partial charge in [0, 0.05) is 31.4 Å². The maximum Gasteiger partial charge on any atom is 0.0399 e. The molecule has 0 saturated carbocycles. The molecule has 1 aromatic rings. The van der Waals surface area contributed by atoms with Crippen LogP contribution in [0.15, 0.2) is 24.3 Å². The zero-order valence-corrected chi connectivity index (χ0v) is 10.4. The second-order valence-electron chi connectivity index (χ2n) is 4.63. The fraction of sp³-hybridized carbons (Fsp3) is 0.571. The number of nitrogens with one attached hydrogen (secondary N) is 1. The van der Waals surface area contributed by atoms with Gasteiger partial charge < -0.3 is 10.2 Å². The molecule has 0 aliphatic carbocycles. The van der Waals surface area contributed by atoms with Crippen LogP contribution in [-0.4, -0.2) is 25.7 Å². The topological polar surface area (TPSA) is 15.3 Å². The van der Waals surface area contributed by atoms with Crippen molar-refractivity contribution in [1.82, 2.24) is 5.32 Å². The highest BCUT2D eigenvalue weighted by Gasteiger charge is 2.17. The summed E-state index contributed by atoms with van der Waals surface area (Å²) in [4.78, 5) is 2.49. The Kier molecular flexibility index (Phi) is 3.83. The van der Waals surface area contributed by atoms with Gasteiger partial charge in [-0.25, -0.2) is 0 Å². The summed E-state index contributed by atoms with van der Waals surface area (Å²) < 4.78 is 0. The summed E-state index contributed by atoms with van der Waals surface area (Å²) in [5.41, 5.74) is 2.94. The lowest BCUT2D eigenvalue weighted by molar-refractivity contribution is 0.535. The predicted octanol–water partition coefficient (Wildman–Crippen LogP) is 2.44. The summed E-state index contributed by atoms with van der Waals surface area (Å²) in [7, 11) is 0. The molecule has 1 aromatic carbocycles. The lowest BCUT2D eigenvalue weighted by Gasteiger charge is -2.21. The fourth-order valence-electron chi connectivity index (χ4n) is 2.23. The lowest BCUT2D eigenvalue weighted by atomic mass is 10.2. The molecule has 1 atom stereocenters. The van der Waals surface area contributed by atoms with E-state index in [1.165, 1.54) is 30.6 Å². The number of nitrogens with zero attached hydrogens (tertiary/aromatic N) is 1. The number of para-hydroxylation sites is 1. The van der Waals surface area contributed by atoms with Gasteiger partial charge >= 0.3 is 0 Å². The summed E-state index contributed by atoms with van der Waals surface area (Å²) in [5.74, 6) is 0. The molecular formula is C14H22N2. The van der Waals surface area contributed by atoms with Crippen molar-refractivity contribution in [2.24, 2.45) is 0 Å². The molecule has 2 rings (SSSR count). The molecule has 0 amide bonds. The molecule has 1 unspecified atom stereocenters. The third-order valence-electron chi connectivity index (χ3n) is 3.47. The first kappa shape index (κ1) is 11.5. The first-order valence-electron chi connectivity index (χ1n) is 6.37. The Hall–Kier alpha value is -1.02. The van der Waals surface area contributed by atoms with Crippen LogP contribution in [-0.2, 0) is 6.42 Å². The minimum absolute atomic E-state index is 0.637. The quantitative estimate of drug-likeness (QED) is 0.816. The summed E-state index contributed by atoms with van der Waals surface area (Å²) in [6.07, 6.45) is 2.41. The molecule has 1 N–H and O–H groups in total. The Morgan fingerprint density at radius 3 is 3.00 bits per heavy atom. The normalized spacial score (nSPS) is 16.2. The lowest BCUT2D eigenvalue weighted by Crippen LogP contribution is -2.35. The number of rotatable bonds is 5. The highest BCUT2D eigenvalue weighted by molar-refractivity contribution is 5.57. The molecule has 0 saturated heterocycles. The number of anilines is 1. The van der Waals surface area contributed by atoms with E-state index in [9.17, 15) is 0 Å². The molecule has 1 heterocycles. The standard InChI is InChI=1S/C14H22N2/c1-3-12(2)15-9-11-16-10-8-13-6-4-5-7-14(13)16/h4-7,12,15H,3,8-11H2,1-2H3. The van der Waals surface area contributed by atoms with Crippen molar-refractivity contribution in [3.63, 3.8) is 0 Å². The summed E-state index contributed by atoms with van der Waals surface area (Å²) >= 11 is 0. The van der Waals surface area contributed by atoms with E-state index in [4.69, 9.17) is 0 Å². The molecule has 2 heteroatoms. The van der Waals surface area contributed by atoms with Crippen molar-refractivity contribution in [2.45, 2.75) is 32.7 Å². The van der Waals surface area contributed by atoms with E-state index in [0.717, 1.165) is 13.1 Å². The molecule has 0 aromatic heterocycles. The summed E-state index contributed by atoms with van der Waals surface area (Å²) in [5, 5.41) is 3.55. The van der Waals surface area contributed by atoms with Crippen LogP contribution in [0.1, 0.15) is 25.8 Å². The van der Waals surface area contributed by atoms with Gasteiger partial charge in [-0.15, -0.1) is 0 Å². The van der Waals surface area contributed by atoms with Gasteiger partial charge in [0.05, 0.1) is 0 Å². The van der Waals surface area contributed by atoms with Crippen molar-refractivity contribution in [2.75, 3.05) is 24.5 Å². The van der Waals surface area contributed by atoms with Crippen LogP contribution in [0, 0.1) is 0 Å². The van der Waals surface area contributed by atoms with Crippen molar-refractivity contribution in [3.05, 3.63) is 29.8 Å². The van der Waals surface area contributed by atoms with Crippen LogP contribution in [0.3, 0.4) is 0 Å². The second kappa shape index (κ2) is 5.35. The van der Waals surface area contributed by atoms with Gasteiger partial charge in [0.2, 0.25) is 0 Å². The molecule has 1 aliphatic rings. The van der Waals surface area contributed by atoms with Crippen LogP contribution >= 0.6 is 0 Å². The molecule has 16 heavy (non-hydrogen) atoms. The molecule has 88 valence electrons. The zero-order chi connectivity index (χ0) is 11.4. The number of hydrogen-bond acceptors (Lipinski definition) is 2. The van der Waals surface area contributed by atoms with Gasteiger partial charge in [-0.2, -0.15) is 0 Å². The van der Waals surface area contributed by atoms with E-state index in [1.54, 1.807) is 0 Å². The van der Waals surface area contributed by atoms with Gasteiger partial charge in [-0.05, 0) is 31.4 Å². The predicted molar refractivity (Wildman–Crippen MR) is 70.1 cm³/mol. The Morgan fingerprint density at radius 1 is 1.38 bits per heavy atom. The maximum atomic E-state index is 3.55. The second-order valence-corrected chi connectivity index (χ2v) is 4.63. The highest BCUT2D eigenvalue weighted by atomic mass is 15.2. The smallest absolute Gasteiger partial charge is 0.0399 e. The van der Waals surface area contributed by atoms with Crippen LogP contribution < -0.4 is 10.2 Å². The monoisotopic (exact) mass is 218 g/mol. The van der Waals surface area contributed by atoms with Crippen molar-refractivity contribution in [3.8, 4) is 0 Å². The number of hydrogen-bond donors (Lipinski definition) is 1. The SMILES string of the molecule is CCC(C)NCCN1CCc2ccccc21. The van der Waals surface area contributed by atoms with Gasteiger partial charge in [0.1, 0.15) is 0 Å². The minimum Gasteiger partial charge on any atom is -0.370 e. The Balaban J connectivity index is 1.84. The number of benzene rings is 1. The van der Waals surface area contributed by atoms with E-state index in [2.05, 4.69) is 48.3 Å². The first-order valence-corrected chi connectivity index (χ1v) is 6.37. The highest BCUT2D eigenvalue weighted by Crippen LogP contribution is 2.26. The fourth-order valence-corrected chi connectivity index (χ4v) is 2.23. The Labute approximate surface area is 98.7 Å². The van der Waals surface area contributed by atoms with E-state index in [-0.39, 0.29) is 0 Å². The molecular weight excluding hydrogens is 196 g/mol. The molecule has 0 fully saturated rings. The van der Waals surface area contributed by atoms with Crippen molar-refractivity contribution >= 4 is 5.69 Å². The van der Waals surface area contributed by atoms with Crippen LogP contribution in [0.4, 0.5) is 5.69 Å². The minimum atomic E-state index is 0.637. The van der Waals surface area contributed by atoms with Crippen LogP contribution in [0.25, 0.3) is 0 Å². The maximum absolute atomic E-state index is 3.55. The molecule has 1 aliphatic heterocycles. The number of fused-ring (bicyclic) bond motifs is 1. The Bertz CT molecular complexity index is 335. The summed E-state index contributed by atoms with van der Waals surface area (Å²) in [6.45, 7) is 7.87. The largest absolute Gasteiger partial charge is 0.370 e. The van der Waals surface area contributed by atoms with Crippen LogP contribution in [0.2, 0.25) is 0 Å². The van der Waals surface area contributed by atoms with Gasteiger partial charge in [-0.1, -0.05) is 25.1 Å². The van der Waals surface area contributed by atoms with E-state index in [0.29, 0.717) is 6.04 Å². The Morgan fingerprint density at radius 2 is 2.19 bits per heavy atom. The average molecular weight is 218 g/mol. The van der Waals surface area contributed by atoms with Gasteiger partial charge in [-0.3, -0.25) is 0 Å². The third-order valence-corrected chi connectivity index (χ3v) is 3.47. The van der Waals surface area contributed by atoms with Gasteiger partial charge in [0.15, 0.2) is 0 Å². The van der Waals surface area contributed by atoms with E-state index >= 15 is 0 Å². The van der Waals surface area contributed by atoms with Crippen molar-refractivity contribution in [1.29, 1.82) is 0 Å². The molecule has 0 radical (unpaired) electrons. The zero-order valence-electron chi connectivity index (χ0n) is 10.4. The molecule has 0 spiro atoms.